The van der Waals surface area contributed by atoms with Crippen LogP contribution in [-0.2, 0) is 4.79 Å². The fourth-order valence-corrected chi connectivity index (χ4v) is 3.26. The van der Waals surface area contributed by atoms with E-state index in [4.69, 9.17) is 16.1 Å². The number of hydrogen-bond acceptors (Lipinski definition) is 5. The Morgan fingerprint density at radius 3 is 2.65 bits per heavy atom. The summed E-state index contributed by atoms with van der Waals surface area (Å²) in [4.78, 5) is 12.4. The second-order valence-corrected chi connectivity index (χ2v) is 7.38. The normalized spacial score (nSPS) is 12.0. The van der Waals surface area contributed by atoms with Gasteiger partial charge in [0, 0.05) is 12.1 Å². The summed E-state index contributed by atoms with van der Waals surface area (Å²) < 4.78 is 6.18. The molecule has 1 unspecified atom stereocenters. The molecular weight excluding hydrogens is 374 g/mol. The van der Waals surface area contributed by atoms with Gasteiger partial charge in [0.2, 0.25) is 11.6 Å². The summed E-state index contributed by atoms with van der Waals surface area (Å²) in [7, 11) is 0. The number of nitrogens with one attached hydrogen (secondary N) is 1. The Morgan fingerprint density at radius 2 is 1.96 bits per heavy atom. The lowest BCUT2D eigenvalue weighted by molar-refractivity contribution is -0.705. The molecule has 1 aromatic heterocycles. The molecule has 3 rings (SSSR count). The van der Waals surface area contributed by atoms with E-state index in [0.717, 1.165) is 17.3 Å². The van der Waals surface area contributed by atoms with Gasteiger partial charge in [0.25, 0.3) is 5.03 Å². The third-order valence-electron chi connectivity index (χ3n) is 3.64. The first-order valence-electron chi connectivity index (χ1n) is 7.84. The largest absolute Gasteiger partial charge is 0.538 e. The van der Waals surface area contributed by atoms with Gasteiger partial charge in [-0.3, -0.25) is 4.79 Å². The number of carbonyl (C=O) groups is 1. The monoisotopic (exact) mass is 389 g/mol. The molecule has 8 heteroatoms. The summed E-state index contributed by atoms with van der Waals surface area (Å²) >= 11 is 7.13. The van der Waals surface area contributed by atoms with Crippen LogP contribution in [0.15, 0.2) is 58.1 Å². The highest BCUT2D eigenvalue weighted by molar-refractivity contribution is 8.00. The lowest BCUT2D eigenvalue weighted by Gasteiger charge is -2.11. The summed E-state index contributed by atoms with van der Waals surface area (Å²) in [6.45, 7) is 3.66. The van der Waals surface area contributed by atoms with E-state index >= 15 is 0 Å². The molecule has 0 fully saturated rings. The van der Waals surface area contributed by atoms with E-state index in [2.05, 4.69) is 10.6 Å². The standard InChI is InChI=1S/C18H16ClN3O3S/c1-11-7-9-13(10-8-11)22-17(18(24)25-21-22)26-12(2)16(23)20-15-6-4-3-5-14(15)19/h3-10,12H,1-2H3,(H-,20,21,23,24). The molecule has 0 aliphatic carbocycles. The van der Waals surface area contributed by atoms with Crippen molar-refractivity contribution in [2.45, 2.75) is 24.1 Å². The van der Waals surface area contributed by atoms with Crippen LogP contribution in [0.5, 0.6) is 5.95 Å². The van der Waals surface area contributed by atoms with Gasteiger partial charge in [0.15, 0.2) is 5.95 Å². The smallest absolute Gasteiger partial charge is 0.298 e. The van der Waals surface area contributed by atoms with Crippen molar-refractivity contribution >= 4 is 35.0 Å². The third-order valence-corrected chi connectivity index (χ3v) is 5.10. The van der Waals surface area contributed by atoms with Gasteiger partial charge in [0.1, 0.15) is 0 Å². The average Bonchev–Trinajstić information content (AvgIpc) is 2.98. The summed E-state index contributed by atoms with van der Waals surface area (Å²) in [6.07, 6.45) is 0. The predicted octanol–water partition coefficient (Wildman–Crippen LogP) is 3.11. The number of aromatic nitrogens is 2. The number of benzene rings is 2. The number of rotatable bonds is 5. The first-order chi connectivity index (χ1) is 12.5. The van der Waals surface area contributed by atoms with Crippen molar-refractivity contribution in [3.8, 4) is 11.6 Å². The number of thioether (sulfide) groups is 1. The van der Waals surface area contributed by atoms with E-state index in [9.17, 15) is 9.90 Å². The van der Waals surface area contributed by atoms with Crippen LogP contribution in [0, 0.1) is 6.92 Å². The highest BCUT2D eigenvalue weighted by Gasteiger charge is 2.26. The van der Waals surface area contributed by atoms with Crippen LogP contribution in [0.25, 0.3) is 5.69 Å². The van der Waals surface area contributed by atoms with Crippen molar-refractivity contribution in [2.75, 3.05) is 5.32 Å². The van der Waals surface area contributed by atoms with Crippen molar-refractivity contribution in [2.24, 2.45) is 0 Å². The highest BCUT2D eigenvalue weighted by Crippen LogP contribution is 2.29. The first kappa shape index (κ1) is 18.3. The molecule has 1 N–H and O–H groups in total. The van der Waals surface area contributed by atoms with E-state index in [1.165, 1.54) is 4.68 Å². The van der Waals surface area contributed by atoms with E-state index in [0.29, 0.717) is 16.4 Å². The van der Waals surface area contributed by atoms with E-state index < -0.39 is 11.2 Å². The lowest BCUT2D eigenvalue weighted by atomic mass is 10.2. The molecule has 0 saturated carbocycles. The van der Waals surface area contributed by atoms with Crippen LogP contribution in [0.1, 0.15) is 12.5 Å². The molecule has 1 atom stereocenters. The Hall–Kier alpha value is -2.51. The number of para-hydroxylation sites is 1. The quantitative estimate of drug-likeness (QED) is 0.535. The van der Waals surface area contributed by atoms with Crippen molar-refractivity contribution in [3.63, 3.8) is 0 Å². The lowest BCUT2D eigenvalue weighted by Crippen LogP contribution is -2.36. The molecular formula is C18H16ClN3O3S. The molecule has 26 heavy (non-hydrogen) atoms. The molecule has 1 amide bonds. The Kier molecular flexibility index (Phi) is 5.49. The summed E-state index contributed by atoms with van der Waals surface area (Å²) in [6, 6.07) is 14.4. The zero-order valence-corrected chi connectivity index (χ0v) is 15.7. The zero-order chi connectivity index (χ0) is 18.7. The number of aryl methyl sites for hydroxylation is 1. The average molecular weight is 390 g/mol. The van der Waals surface area contributed by atoms with Crippen LogP contribution in [0.4, 0.5) is 5.69 Å². The topological polar surface area (TPSA) is 82.1 Å². The Labute approximate surface area is 159 Å². The van der Waals surface area contributed by atoms with Crippen molar-refractivity contribution in [1.82, 2.24) is 5.27 Å². The number of anilines is 1. The second-order valence-electron chi connectivity index (χ2n) is 5.64. The van der Waals surface area contributed by atoms with Crippen molar-refractivity contribution in [3.05, 3.63) is 59.1 Å². The molecule has 0 radical (unpaired) electrons. The minimum absolute atomic E-state index is 0.232. The maximum atomic E-state index is 12.4. The SMILES string of the molecule is Cc1ccc(-[n+]2noc([O-])c2SC(C)C(=O)Nc2ccccc2Cl)cc1. The Morgan fingerprint density at radius 1 is 1.27 bits per heavy atom. The molecule has 0 spiro atoms. The number of nitrogens with zero attached hydrogens (tertiary/aromatic N) is 2. The molecule has 2 aromatic carbocycles. The van der Waals surface area contributed by atoms with Gasteiger partial charge in [-0.25, -0.2) is 0 Å². The highest BCUT2D eigenvalue weighted by atomic mass is 35.5. The fraction of sp³-hybridized carbons (Fsp3) is 0.167. The van der Waals surface area contributed by atoms with Crippen LogP contribution >= 0.6 is 23.4 Å². The van der Waals surface area contributed by atoms with Gasteiger partial charge in [-0.2, -0.15) is 0 Å². The Balaban J connectivity index is 1.78. The van der Waals surface area contributed by atoms with Gasteiger partial charge < -0.3 is 14.9 Å². The maximum absolute atomic E-state index is 12.4. The summed E-state index contributed by atoms with van der Waals surface area (Å²) in [5.41, 5.74) is 2.29. The molecule has 1 heterocycles. The number of hydrogen-bond donors (Lipinski definition) is 1. The zero-order valence-electron chi connectivity index (χ0n) is 14.1. The van der Waals surface area contributed by atoms with Crippen LogP contribution < -0.4 is 15.1 Å². The number of carbonyl (C=O) groups excluding carboxylic acids is 1. The molecule has 0 aliphatic heterocycles. The molecule has 134 valence electrons. The van der Waals surface area contributed by atoms with Gasteiger partial charge in [-0.05, 0) is 42.4 Å². The molecule has 0 bridgehead atoms. The van der Waals surface area contributed by atoms with Gasteiger partial charge >= 0.3 is 0 Å². The van der Waals surface area contributed by atoms with E-state index in [1.54, 1.807) is 31.2 Å². The van der Waals surface area contributed by atoms with E-state index in [-0.39, 0.29) is 10.9 Å². The summed E-state index contributed by atoms with van der Waals surface area (Å²) in [5, 5.41) is 18.7. The molecule has 3 aromatic rings. The number of amides is 1. The minimum Gasteiger partial charge on any atom is -0.538 e. The summed E-state index contributed by atoms with van der Waals surface area (Å²) in [5.74, 6) is -0.868. The predicted molar refractivity (Wildman–Crippen MR) is 97.6 cm³/mol. The van der Waals surface area contributed by atoms with Crippen LogP contribution in [0.3, 0.4) is 0 Å². The molecule has 0 saturated heterocycles. The van der Waals surface area contributed by atoms with Gasteiger partial charge in [0.05, 0.1) is 21.2 Å². The third kappa shape index (κ3) is 4.00. The second kappa shape index (κ2) is 7.80. The first-order valence-corrected chi connectivity index (χ1v) is 9.09. The van der Waals surface area contributed by atoms with Gasteiger partial charge in [-0.1, -0.05) is 41.4 Å². The molecule has 6 nitrogen and oxygen atoms in total. The van der Waals surface area contributed by atoms with Crippen LogP contribution in [0.2, 0.25) is 5.02 Å². The maximum Gasteiger partial charge on any atom is 0.298 e. The van der Waals surface area contributed by atoms with Crippen LogP contribution in [-0.4, -0.2) is 16.4 Å². The van der Waals surface area contributed by atoms with Crippen molar-refractivity contribution < 1.29 is 19.1 Å². The van der Waals surface area contributed by atoms with Gasteiger partial charge in [-0.15, -0.1) is 0 Å². The number of halogens is 1. The van der Waals surface area contributed by atoms with Crippen molar-refractivity contribution in [1.29, 1.82) is 0 Å². The molecule has 0 aliphatic rings. The minimum atomic E-state index is -0.590. The fourth-order valence-electron chi connectivity index (χ4n) is 2.21. The Bertz CT molecular complexity index is 928. The van der Waals surface area contributed by atoms with E-state index in [1.807, 2.05) is 31.2 Å².